The molecule has 144 valence electrons. The number of hydrogen-bond donors (Lipinski definition) is 1. The number of anilines is 2. The van der Waals surface area contributed by atoms with Crippen LogP contribution in [0.25, 0.3) is 0 Å². The number of carbonyl (C=O) groups excluding carboxylic acids is 1. The number of carbonyl (C=O) groups is 1. The van der Waals surface area contributed by atoms with E-state index in [-0.39, 0.29) is 30.0 Å². The largest absolute Gasteiger partial charge is 0.376 e. The normalized spacial score (nSPS) is 18.4. The minimum absolute atomic E-state index is 0.0240. The second-order valence-corrected chi connectivity index (χ2v) is 9.48. The summed E-state index contributed by atoms with van der Waals surface area (Å²) in [6.07, 6.45) is 0.478. The van der Waals surface area contributed by atoms with Crippen molar-refractivity contribution in [3.05, 3.63) is 60.2 Å². The lowest BCUT2D eigenvalue weighted by molar-refractivity contribution is -0.117. The molecule has 6 heteroatoms. The Hall–Kier alpha value is -2.34. The Bertz CT molecular complexity index is 895. The summed E-state index contributed by atoms with van der Waals surface area (Å²) in [6, 6.07) is 16.9. The standard InChI is InChI=1S/C21H26N2O3S/c1-16(2)19-10-6-7-11-20(19)22-14-21(24)23(17-8-4-3-5-9-17)18-12-13-27(25,26)15-18/h3-11,16,18,22H,12-15H2,1-2H3/t18-/m0/s1. The number of hydrogen-bond acceptors (Lipinski definition) is 4. The molecular weight excluding hydrogens is 360 g/mol. The fraction of sp³-hybridized carbons (Fsp3) is 0.381. The molecule has 0 unspecified atom stereocenters. The zero-order valence-electron chi connectivity index (χ0n) is 15.8. The topological polar surface area (TPSA) is 66.5 Å². The van der Waals surface area contributed by atoms with E-state index in [1.807, 2.05) is 48.5 Å². The molecule has 1 aliphatic heterocycles. The smallest absolute Gasteiger partial charge is 0.246 e. The van der Waals surface area contributed by atoms with Gasteiger partial charge < -0.3 is 10.2 Å². The average Bonchev–Trinajstić information content (AvgIpc) is 3.00. The zero-order valence-corrected chi connectivity index (χ0v) is 16.6. The maximum absolute atomic E-state index is 13.1. The third-order valence-electron chi connectivity index (χ3n) is 4.89. The van der Waals surface area contributed by atoms with Gasteiger partial charge in [-0.15, -0.1) is 0 Å². The van der Waals surface area contributed by atoms with Crippen LogP contribution in [0.5, 0.6) is 0 Å². The van der Waals surface area contributed by atoms with Crippen molar-refractivity contribution >= 4 is 27.1 Å². The highest BCUT2D eigenvalue weighted by atomic mass is 32.2. The van der Waals surface area contributed by atoms with Crippen LogP contribution in [-0.4, -0.2) is 38.4 Å². The SMILES string of the molecule is CC(C)c1ccccc1NCC(=O)N(c1ccccc1)[C@H]1CCS(=O)(=O)C1. The molecule has 1 atom stereocenters. The van der Waals surface area contributed by atoms with E-state index in [1.54, 1.807) is 4.90 Å². The van der Waals surface area contributed by atoms with Crippen LogP contribution >= 0.6 is 0 Å². The molecule has 1 heterocycles. The van der Waals surface area contributed by atoms with Gasteiger partial charge in [0.05, 0.1) is 24.1 Å². The van der Waals surface area contributed by atoms with E-state index >= 15 is 0 Å². The number of rotatable bonds is 6. The highest BCUT2D eigenvalue weighted by molar-refractivity contribution is 7.91. The van der Waals surface area contributed by atoms with Gasteiger partial charge in [0.2, 0.25) is 5.91 Å². The van der Waals surface area contributed by atoms with Gasteiger partial charge in [0, 0.05) is 11.4 Å². The van der Waals surface area contributed by atoms with Gasteiger partial charge >= 0.3 is 0 Å². The molecule has 0 aliphatic carbocycles. The highest BCUT2D eigenvalue weighted by Gasteiger charge is 2.35. The van der Waals surface area contributed by atoms with E-state index in [2.05, 4.69) is 25.2 Å². The number of benzene rings is 2. The van der Waals surface area contributed by atoms with Crippen molar-refractivity contribution in [2.24, 2.45) is 0 Å². The Labute approximate surface area is 161 Å². The Morgan fingerprint density at radius 3 is 2.41 bits per heavy atom. The maximum Gasteiger partial charge on any atom is 0.246 e. The molecule has 1 amide bonds. The second-order valence-electron chi connectivity index (χ2n) is 7.25. The first kappa shape index (κ1) is 19.4. The van der Waals surface area contributed by atoms with E-state index in [9.17, 15) is 13.2 Å². The summed E-state index contributed by atoms with van der Waals surface area (Å²) in [6.45, 7) is 4.35. The lowest BCUT2D eigenvalue weighted by Crippen LogP contribution is -2.44. The summed E-state index contributed by atoms with van der Waals surface area (Å²) >= 11 is 0. The van der Waals surface area contributed by atoms with Crippen LogP contribution in [0.1, 0.15) is 31.7 Å². The predicted molar refractivity (Wildman–Crippen MR) is 110 cm³/mol. The Morgan fingerprint density at radius 1 is 1.11 bits per heavy atom. The summed E-state index contributed by atoms with van der Waals surface area (Å²) < 4.78 is 23.9. The van der Waals surface area contributed by atoms with Gasteiger partial charge in [-0.2, -0.15) is 0 Å². The molecule has 0 bridgehead atoms. The summed E-state index contributed by atoms with van der Waals surface area (Å²) in [5.41, 5.74) is 2.83. The van der Waals surface area contributed by atoms with Gasteiger partial charge in [-0.1, -0.05) is 50.2 Å². The third-order valence-corrected chi connectivity index (χ3v) is 6.64. The number of para-hydroxylation sites is 2. The van der Waals surface area contributed by atoms with Gasteiger partial charge in [0.15, 0.2) is 9.84 Å². The minimum Gasteiger partial charge on any atom is -0.376 e. The van der Waals surface area contributed by atoms with Crippen LogP contribution in [0.15, 0.2) is 54.6 Å². The van der Waals surface area contributed by atoms with Crippen LogP contribution in [0, 0.1) is 0 Å². The fourth-order valence-corrected chi connectivity index (χ4v) is 5.24. The van der Waals surface area contributed by atoms with Crippen molar-refractivity contribution < 1.29 is 13.2 Å². The van der Waals surface area contributed by atoms with Crippen LogP contribution in [0.2, 0.25) is 0 Å². The molecule has 0 radical (unpaired) electrons. The van der Waals surface area contributed by atoms with E-state index < -0.39 is 9.84 Å². The lowest BCUT2D eigenvalue weighted by Gasteiger charge is -2.29. The molecule has 3 rings (SSSR count). The first-order valence-corrected chi connectivity index (χ1v) is 11.1. The molecule has 1 aliphatic rings. The molecule has 0 saturated carbocycles. The van der Waals surface area contributed by atoms with Gasteiger partial charge in [0.1, 0.15) is 0 Å². The monoisotopic (exact) mass is 386 g/mol. The molecule has 27 heavy (non-hydrogen) atoms. The van der Waals surface area contributed by atoms with Crippen molar-refractivity contribution in [2.45, 2.75) is 32.2 Å². The molecule has 1 saturated heterocycles. The Morgan fingerprint density at radius 2 is 1.78 bits per heavy atom. The van der Waals surface area contributed by atoms with Gasteiger partial charge in [-0.25, -0.2) is 8.42 Å². The molecule has 1 fully saturated rings. The maximum atomic E-state index is 13.1. The number of nitrogens with zero attached hydrogens (tertiary/aromatic N) is 1. The lowest BCUT2D eigenvalue weighted by atomic mass is 10.0. The summed E-state index contributed by atoms with van der Waals surface area (Å²) in [5, 5.41) is 3.25. The quantitative estimate of drug-likeness (QED) is 0.826. The first-order chi connectivity index (χ1) is 12.9. The summed E-state index contributed by atoms with van der Waals surface area (Å²) in [5.74, 6) is 0.379. The van der Waals surface area contributed by atoms with Gasteiger partial charge in [-0.05, 0) is 36.1 Å². The van der Waals surface area contributed by atoms with E-state index in [0.717, 1.165) is 16.9 Å². The van der Waals surface area contributed by atoms with Gasteiger partial charge in [0.25, 0.3) is 0 Å². The number of nitrogens with one attached hydrogen (secondary N) is 1. The van der Waals surface area contributed by atoms with E-state index in [1.165, 1.54) is 0 Å². The highest BCUT2D eigenvalue weighted by Crippen LogP contribution is 2.26. The summed E-state index contributed by atoms with van der Waals surface area (Å²) in [4.78, 5) is 14.7. The van der Waals surface area contributed by atoms with Crippen molar-refractivity contribution in [2.75, 3.05) is 28.3 Å². The van der Waals surface area contributed by atoms with Crippen molar-refractivity contribution in [3.63, 3.8) is 0 Å². The molecule has 0 aromatic heterocycles. The molecule has 1 N–H and O–H groups in total. The van der Waals surface area contributed by atoms with E-state index in [4.69, 9.17) is 0 Å². The fourth-order valence-electron chi connectivity index (χ4n) is 3.54. The first-order valence-electron chi connectivity index (χ1n) is 9.28. The Kier molecular flexibility index (Phi) is 5.85. The molecule has 2 aromatic carbocycles. The third kappa shape index (κ3) is 4.69. The van der Waals surface area contributed by atoms with Crippen molar-refractivity contribution in [3.8, 4) is 0 Å². The molecular formula is C21H26N2O3S. The van der Waals surface area contributed by atoms with Crippen LogP contribution in [0.3, 0.4) is 0 Å². The van der Waals surface area contributed by atoms with Crippen molar-refractivity contribution in [1.82, 2.24) is 0 Å². The van der Waals surface area contributed by atoms with Crippen LogP contribution in [-0.2, 0) is 14.6 Å². The van der Waals surface area contributed by atoms with Gasteiger partial charge in [-0.3, -0.25) is 4.79 Å². The Balaban J connectivity index is 1.80. The van der Waals surface area contributed by atoms with Crippen LogP contribution in [0.4, 0.5) is 11.4 Å². The molecule has 0 spiro atoms. The number of amides is 1. The zero-order chi connectivity index (χ0) is 19.4. The van der Waals surface area contributed by atoms with E-state index in [0.29, 0.717) is 12.3 Å². The number of sulfone groups is 1. The summed E-state index contributed by atoms with van der Waals surface area (Å²) in [7, 11) is -3.08. The average molecular weight is 387 g/mol. The second kappa shape index (κ2) is 8.13. The predicted octanol–water partition coefficient (Wildman–Crippen LogP) is 3.44. The minimum atomic E-state index is -3.08. The van der Waals surface area contributed by atoms with Crippen LogP contribution < -0.4 is 10.2 Å². The molecule has 5 nitrogen and oxygen atoms in total. The van der Waals surface area contributed by atoms with Crippen molar-refractivity contribution in [1.29, 1.82) is 0 Å². The molecule has 2 aromatic rings.